The van der Waals surface area contributed by atoms with Crippen LogP contribution in [0.5, 0.6) is 0 Å². The maximum atomic E-state index is 12.0. The van der Waals surface area contributed by atoms with Crippen LogP contribution in [0.15, 0.2) is 35.5 Å². The Hall–Kier alpha value is -1.84. The van der Waals surface area contributed by atoms with Crippen LogP contribution in [0.4, 0.5) is 0 Å². The SMILES string of the molecule is CC(=CCOC(=O)/C=C\C(=O)OCC=C(C)CCCC(C)CCCC(C)CCCC(C)C)CCCC(C)CCCC(C)CCCC(C)C. The van der Waals surface area contributed by atoms with Crippen LogP contribution in [0.1, 0.15) is 185 Å². The zero-order chi connectivity index (χ0) is 36.2. The van der Waals surface area contributed by atoms with Gasteiger partial charge in [-0.3, -0.25) is 0 Å². The van der Waals surface area contributed by atoms with Gasteiger partial charge in [0.15, 0.2) is 0 Å². The minimum atomic E-state index is -0.524. The number of rotatable bonds is 30. The number of hydrogen-bond donors (Lipinski definition) is 0. The van der Waals surface area contributed by atoms with Gasteiger partial charge in [0, 0.05) is 12.2 Å². The molecule has 0 aromatic rings. The van der Waals surface area contributed by atoms with Crippen LogP contribution in [-0.2, 0) is 19.1 Å². The maximum Gasteiger partial charge on any atom is 0.331 e. The van der Waals surface area contributed by atoms with Crippen LogP contribution in [0, 0.1) is 35.5 Å². The highest BCUT2D eigenvalue weighted by molar-refractivity contribution is 5.91. The van der Waals surface area contributed by atoms with E-state index in [2.05, 4.69) is 69.2 Å². The normalized spacial score (nSPS) is 15.2. The largest absolute Gasteiger partial charge is 0.458 e. The highest BCUT2D eigenvalue weighted by Crippen LogP contribution is 2.23. The third kappa shape index (κ3) is 31.4. The van der Waals surface area contributed by atoms with Crippen LogP contribution in [0.25, 0.3) is 0 Å². The molecule has 280 valence electrons. The lowest BCUT2D eigenvalue weighted by Crippen LogP contribution is -2.05. The van der Waals surface area contributed by atoms with Crippen molar-refractivity contribution in [1.82, 2.24) is 0 Å². The van der Waals surface area contributed by atoms with E-state index in [1.54, 1.807) is 0 Å². The van der Waals surface area contributed by atoms with Gasteiger partial charge in [0.1, 0.15) is 13.2 Å². The standard InChI is InChI=1S/C44H80O4/c1-35(2)17-11-19-37(5)21-13-23-39(7)25-15-27-41(9)31-33-47-43(45)29-30-44(46)48-34-32-42(10)28-16-26-40(8)24-14-22-38(6)20-12-18-36(3)4/h29-32,35-40H,11-28,33-34H2,1-10H3/b30-29-,41-31?,42-32?. The Morgan fingerprint density at radius 2 is 0.708 bits per heavy atom. The number of hydrogen-bond acceptors (Lipinski definition) is 4. The predicted octanol–water partition coefficient (Wildman–Crippen LogP) is 13.4. The lowest BCUT2D eigenvalue weighted by Gasteiger charge is -2.15. The zero-order valence-corrected chi connectivity index (χ0v) is 33.5. The predicted molar refractivity (Wildman–Crippen MR) is 208 cm³/mol. The summed E-state index contributed by atoms with van der Waals surface area (Å²) in [6.07, 6.45) is 29.3. The molecule has 0 aliphatic carbocycles. The average Bonchev–Trinajstić information content (AvgIpc) is 2.99. The Morgan fingerprint density at radius 3 is 1.00 bits per heavy atom. The van der Waals surface area contributed by atoms with Crippen LogP contribution in [-0.4, -0.2) is 25.2 Å². The van der Waals surface area contributed by atoms with Gasteiger partial charge in [0.05, 0.1) is 0 Å². The summed E-state index contributed by atoms with van der Waals surface area (Å²) >= 11 is 0. The Balaban J connectivity index is 3.98. The molecule has 4 nitrogen and oxygen atoms in total. The molecule has 48 heavy (non-hydrogen) atoms. The summed E-state index contributed by atoms with van der Waals surface area (Å²) in [6, 6.07) is 0. The molecule has 0 N–H and O–H groups in total. The maximum absolute atomic E-state index is 12.0. The lowest BCUT2D eigenvalue weighted by atomic mass is 9.91. The second-order valence-corrected chi connectivity index (χ2v) is 16.4. The van der Waals surface area contributed by atoms with Gasteiger partial charge in [0.25, 0.3) is 0 Å². The Bertz CT molecular complexity index is 824. The molecular weight excluding hydrogens is 592 g/mol. The highest BCUT2D eigenvalue weighted by Gasteiger charge is 2.09. The molecule has 0 bridgehead atoms. The summed E-state index contributed by atoms with van der Waals surface area (Å²) in [7, 11) is 0. The topological polar surface area (TPSA) is 52.6 Å². The fraction of sp³-hybridized carbons (Fsp3) is 0.818. The minimum Gasteiger partial charge on any atom is -0.458 e. The fourth-order valence-electron chi connectivity index (χ4n) is 6.38. The molecule has 4 heteroatoms. The quantitative estimate of drug-likeness (QED) is 0.0433. The molecule has 0 aliphatic heterocycles. The van der Waals surface area contributed by atoms with Gasteiger partial charge in [-0.2, -0.15) is 0 Å². The Labute approximate surface area is 299 Å². The molecule has 0 spiro atoms. The van der Waals surface area contributed by atoms with E-state index in [4.69, 9.17) is 9.47 Å². The van der Waals surface area contributed by atoms with Gasteiger partial charge in [-0.1, -0.05) is 156 Å². The van der Waals surface area contributed by atoms with Gasteiger partial charge in [0.2, 0.25) is 0 Å². The summed E-state index contributed by atoms with van der Waals surface area (Å²) < 4.78 is 10.5. The molecule has 0 radical (unpaired) electrons. The van der Waals surface area contributed by atoms with Gasteiger partial charge in [-0.25, -0.2) is 9.59 Å². The van der Waals surface area contributed by atoms with E-state index in [0.717, 1.165) is 60.5 Å². The molecule has 0 heterocycles. The number of carbonyl (C=O) groups excluding carboxylic acids is 2. The van der Waals surface area contributed by atoms with E-state index in [-0.39, 0.29) is 13.2 Å². The van der Waals surface area contributed by atoms with Crippen molar-refractivity contribution in [2.24, 2.45) is 35.5 Å². The lowest BCUT2D eigenvalue weighted by molar-refractivity contribution is -0.139. The van der Waals surface area contributed by atoms with E-state index in [0.29, 0.717) is 0 Å². The summed E-state index contributed by atoms with van der Waals surface area (Å²) in [5.74, 6) is 3.82. The first-order chi connectivity index (χ1) is 22.8. The van der Waals surface area contributed by atoms with E-state index in [1.165, 1.54) is 114 Å². The van der Waals surface area contributed by atoms with E-state index in [9.17, 15) is 9.59 Å². The van der Waals surface area contributed by atoms with Crippen molar-refractivity contribution >= 4 is 11.9 Å². The van der Waals surface area contributed by atoms with Crippen molar-refractivity contribution in [3.8, 4) is 0 Å². The number of esters is 2. The second kappa shape index (κ2) is 30.0. The minimum absolute atomic E-state index is 0.229. The van der Waals surface area contributed by atoms with E-state index in [1.807, 2.05) is 12.2 Å². The third-order valence-corrected chi connectivity index (χ3v) is 9.95. The zero-order valence-electron chi connectivity index (χ0n) is 33.5. The average molecular weight is 673 g/mol. The number of carbonyl (C=O) groups is 2. The van der Waals surface area contributed by atoms with Crippen molar-refractivity contribution in [3.63, 3.8) is 0 Å². The molecule has 4 unspecified atom stereocenters. The smallest absolute Gasteiger partial charge is 0.331 e. The van der Waals surface area contributed by atoms with Gasteiger partial charge in [-0.15, -0.1) is 0 Å². The van der Waals surface area contributed by atoms with Crippen molar-refractivity contribution in [2.45, 2.75) is 185 Å². The number of allylic oxidation sites excluding steroid dienone is 2. The van der Waals surface area contributed by atoms with Crippen LogP contribution in [0.2, 0.25) is 0 Å². The molecule has 4 atom stereocenters. The molecule has 0 fully saturated rings. The summed E-state index contributed by atoms with van der Waals surface area (Å²) in [5, 5.41) is 0. The first-order valence-corrected chi connectivity index (χ1v) is 20.1. The van der Waals surface area contributed by atoms with Crippen molar-refractivity contribution in [1.29, 1.82) is 0 Å². The molecule has 0 aromatic heterocycles. The van der Waals surface area contributed by atoms with E-state index < -0.39 is 11.9 Å². The van der Waals surface area contributed by atoms with Gasteiger partial charge < -0.3 is 9.47 Å². The number of ether oxygens (including phenoxy) is 2. The van der Waals surface area contributed by atoms with Crippen LogP contribution < -0.4 is 0 Å². The first kappa shape index (κ1) is 46.2. The third-order valence-electron chi connectivity index (χ3n) is 9.95. The molecule has 0 rings (SSSR count). The molecule has 0 aromatic carbocycles. The van der Waals surface area contributed by atoms with Crippen LogP contribution >= 0.6 is 0 Å². The molecule has 0 aliphatic rings. The molecular formula is C44H80O4. The summed E-state index contributed by atoms with van der Waals surface area (Å²) in [4.78, 5) is 24.1. The van der Waals surface area contributed by atoms with Gasteiger partial charge >= 0.3 is 11.9 Å². The van der Waals surface area contributed by atoms with Crippen LogP contribution in [0.3, 0.4) is 0 Å². The fourth-order valence-corrected chi connectivity index (χ4v) is 6.38. The Morgan fingerprint density at radius 1 is 0.438 bits per heavy atom. The van der Waals surface area contributed by atoms with Crippen molar-refractivity contribution in [3.05, 3.63) is 35.5 Å². The molecule has 0 amide bonds. The monoisotopic (exact) mass is 673 g/mol. The highest BCUT2D eigenvalue weighted by atomic mass is 16.5. The van der Waals surface area contributed by atoms with Gasteiger partial charge in [-0.05, 0) is 87.2 Å². The van der Waals surface area contributed by atoms with Crippen molar-refractivity contribution in [2.75, 3.05) is 13.2 Å². The summed E-state index contributed by atoms with van der Waals surface area (Å²) in [6.45, 7) is 23.5. The summed E-state index contributed by atoms with van der Waals surface area (Å²) in [5.41, 5.74) is 2.48. The van der Waals surface area contributed by atoms with E-state index >= 15 is 0 Å². The Kier molecular flexibility index (Phi) is 28.9. The molecule has 0 saturated carbocycles. The second-order valence-electron chi connectivity index (χ2n) is 16.4. The molecule has 0 saturated heterocycles. The first-order valence-electron chi connectivity index (χ1n) is 20.1. The van der Waals surface area contributed by atoms with Crippen molar-refractivity contribution < 1.29 is 19.1 Å².